The van der Waals surface area contributed by atoms with E-state index >= 15 is 0 Å². The molecule has 1 saturated carbocycles. The molecule has 1 aromatic heterocycles. The zero-order chi connectivity index (χ0) is 19.9. The Morgan fingerprint density at radius 1 is 0.929 bits per heavy atom. The van der Waals surface area contributed by atoms with Crippen molar-refractivity contribution in [2.45, 2.75) is 37.6 Å². The maximum Gasteiger partial charge on any atom is 0.267 e. The molecular weight excluding hydrogens is 370 g/mol. The van der Waals surface area contributed by atoms with Crippen molar-refractivity contribution in [3.05, 3.63) is 87.7 Å². The second-order valence-electron chi connectivity index (χ2n) is 6.93. The van der Waals surface area contributed by atoms with E-state index < -0.39 is 0 Å². The van der Waals surface area contributed by atoms with E-state index in [0.717, 1.165) is 42.0 Å². The molecule has 0 aliphatic heterocycles. The van der Waals surface area contributed by atoms with Gasteiger partial charge >= 0.3 is 0 Å². The van der Waals surface area contributed by atoms with Crippen LogP contribution in [0.15, 0.2) is 71.5 Å². The number of hydrogen-bond acceptors (Lipinski definition) is 3. The van der Waals surface area contributed by atoms with Gasteiger partial charge in [0.2, 0.25) is 0 Å². The lowest BCUT2D eigenvalue weighted by atomic mass is 9.82. The first kappa shape index (κ1) is 20.3. The molecule has 0 saturated heterocycles. The van der Waals surface area contributed by atoms with Crippen LogP contribution in [0.2, 0.25) is 5.02 Å². The predicted molar refractivity (Wildman–Crippen MR) is 116 cm³/mol. The van der Waals surface area contributed by atoms with E-state index in [1.807, 2.05) is 48.5 Å². The third-order valence-corrected chi connectivity index (χ3v) is 5.49. The lowest BCUT2D eigenvalue weighted by Gasteiger charge is -2.29. The van der Waals surface area contributed by atoms with Gasteiger partial charge in [-0.2, -0.15) is 5.10 Å². The van der Waals surface area contributed by atoms with Crippen LogP contribution < -0.4 is 11.3 Å². The third kappa shape index (κ3) is 4.70. The summed E-state index contributed by atoms with van der Waals surface area (Å²) in [5, 5.41) is 5.45. The highest BCUT2D eigenvalue weighted by molar-refractivity contribution is 6.30. The highest BCUT2D eigenvalue weighted by atomic mass is 35.5. The molecule has 0 radical (unpaired) electrons. The van der Waals surface area contributed by atoms with Crippen molar-refractivity contribution in [3.63, 3.8) is 0 Å². The number of aromatic nitrogens is 2. The number of rotatable bonds is 3. The Bertz CT molecular complexity index is 947. The van der Waals surface area contributed by atoms with Gasteiger partial charge < -0.3 is 5.73 Å². The van der Waals surface area contributed by atoms with E-state index in [2.05, 4.69) is 23.0 Å². The van der Waals surface area contributed by atoms with Crippen LogP contribution in [0.1, 0.15) is 43.2 Å². The van der Waals surface area contributed by atoms with Crippen molar-refractivity contribution in [2.75, 3.05) is 7.05 Å². The van der Waals surface area contributed by atoms with E-state index in [1.165, 1.54) is 12.6 Å². The summed E-state index contributed by atoms with van der Waals surface area (Å²) < 4.78 is 1.69. The number of hydrogen-bond donors (Lipinski definition) is 1. The van der Waals surface area contributed by atoms with Gasteiger partial charge in [0.1, 0.15) is 0 Å². The fourth-order valence-corrected chi connectivity index (χ4v) is 4.06. The summed E-state index contributed by atoms with van der Waals surface area (Å²) in [7, 11) is 1.50. The van der Waals surface area contributed by atoms with Crippen LogP contribution in [0.3, 0.4) is 0 Å². The van der Waals surface area contributed by atoms with Gasteiger partial charge in [0, 0.05) is 16.7 Å². The maximum absolute atomic E-state index is 12.4. The normalized spacial score (nSPS) is 18.8. The summed E-state index contributed by atoms with van der Waals surface area (Å²) in [5.41, 5.74) is 7.67. The molecule has 28 heavy (non-hydrogen) atoms. The molecule has 0 bridgehead atoms. The van der Waals surface area contributed by atoms with Crippen LogP contribution in [0.4, 0.5) is 0 Å². The largest absolute Gasteiger partial charge is 0.333 e. The van der Waals surface area contributed by atoms with Crippen molar-refractivity contribution < 1.29 is 0 Å². The van der Waals surface area contributed by atoms with Crippen LogP contribution in [0.25, 0.3) is 11.3 Å². The predicted octanol–water partition coefficient (Wildman–Crippen LogP) is 5.04. The molecule has 0 unspecified atom stereocenters. The molecule has 3 aromatic rings. The Morgan fingerprint density at radius 2 is 1.64 bits per heavy atom. The standard InChI is InChI=1S/C22H21ClN2O.CH5N/c23-19-8-4-7-18(15-19)16-9-11-20(12-10-16)25-22(26)14-13-21(24-25)17-5-2-1-3-6-17;1-2/h1-8,13-16,20H,9-12H2;2H2,1H3. The average molecular weight is 396 g/mol. The molecule has 1 aliphatic carbocycles. The number of nitrogens with two attached hydrogens (primary N) is 1. The quantitative estimate of drug-likeness (QED) is 0.675. The summed E-state index contributed by atoms with van der Waals surface area (Å²) in [6, 6.07) is 21.8. The lowest BCUT2D eigenvalue weighted by Crippen LogP contribution is -2.29. The number of halogens is 1. The van der Waals surface area contributed by atoms with Crippen LogP contribution in [-0.4, -0.2) is 16.8 Å². The minimum atomic E-state index is -0.0177. The van der Waals surface area contributed by atoms with Gasteiger partial charge in [-0.1, -0.05) is 54.1 Å². The van der Waals surface area contributed by atoms with E-state index in [-0.39, 0.29) is 11.6 Å². The van der Waals surface area contributed by atoms with Gasteiger partial charge in [0.05, 0.1) is 11.7 Å². The molecule has 2 N–H and O–H groups in total. The first-order valence-corrected chi connectivity index (χ1v) is 10.1. The molecule has 5 heteroatoms. The van der Waals surface area contributed by atoms with Crippen LogP contribution in [0.5, 0.6) is 0 Å². The van der Waals surface area contributed by atoms with Gasteiger partial charge in [-0.05, 0) is 62.4 Å². The molecule has 1 fully saturated rings. The first-order valence-electron chi connectivity index (χ1n) is 9.69. The highest BCUT2D eigenvalue weighted by Crippen LogP contribution is 2.38. The van der Waals surface area contributed by atoms with Gasteiger partial charge in [0.25, 0.3) is 5.56 Å². The van der Waals surface area contributed by atoms with Gasteiger partial charge in [-0.15, -0.1) is 0 Å². The van der Waals surface area contributed by atoms with E-state index in [1.54, 1.807) is 10.7 Å². The minimum absolute atomic E-state index is 0.0177. The molecule has 4 nitrogen and oxygen atoms in total. The zero-order valence-corrected chi connectivity index (χ0v) is 16.8. The average Bonchev–Trinajstić information content (AvgIpc) is 2.76. The summed E-state index contributed by atoms with van der Waals surface area (Å²) in [6.07, 6.45) is 4.02. The van der Waals surface area contributed by atoms with Gasteiger partial charge in [0.15, 0.2) is 0 Å². The summed E-state index contributed by atoms with van der Waals surface area (Å²) in [4.78, 5) is 12.4. The monoisotopic (exact) mass is 395 g/mol. The third-order valence-electron chi connectivity index (χ3n) is 5.26. The fraction of sp³-hybridized carbons (Fsp3) is 0.304. The van der Waals surface area contributed by atoms with Crippen LogP contribution >= 0.6 is 11.6 Å². The van der Waals surface area contributed by atoms with Gasteiger partial charge in [-0.25, -0.2) is 4.68 Å². The lowest BCUT2D eigenvalue weighted by molar-refractivity contribution is 0.295. The molecule has 146 valence electrons. The van der Waals surface area contributed by atoms with Crippen LogP contribution in [0, 0.1) is 0 Å². The molecule has 1 aliphatic rings. The van der Waals surface area contributed by atoms with Crippen molar-refractivity contribution in [2.24, 2.45) is 5.73 Å². The summed E-state index contributed by atoms with van der Waals surface area (Å²) in [6.45, 7) is 0. The Morgan fingerprint density at radius 3 is 2.32 bits per heavy atom. The molecule has 1 heterocycles. The highest BCUT2D eigenvalue weighted by Gasteiger charge is 2.25. The molecule has 0 atom stereocenters. The molecule has 4 rings (SSSR count). The smallest absolute Gasteiger partial charge is 0.267 e. The van der Waals surface area contributed by atoms with E-state index in [9.17, 15) is 4.79 Å². The topological polar surface area (TPSA) is 60.9 Å². The summed E-state index contributed by atoms with van der Waals surface area (Å²) >= 11 is 6.13. The van der Waals surface area contributed by atoms with Crippen molar-refractivity contribution in [1.29, 1.82) is 0 Å². The van der Waals surface area contributed by atoms with Gasteiger partial charge in [-0.3, -0.25) is 4.79 Å². The Balaban J connectivity index is 0.00000109. The molecular formula is C23H26ClN3O. The second-order valence-corrected chi connectivity index (χ2v) is 7.36. The van der Waals surface area contributed by atoms with Crippen LogP contribution in [-0.2, 0) is 0 Å². The van der Waals surface area contributed by atoms with Crippen molar-refractivity contribution in [3.8, 4) is 11.3 Å². The Kier molecular flexibility index (Phi) is 7.01. The molecule has 0 amide bonds. The Hall–Kier alpha value is -2.43. The van der Waals surface area contributed by atoms with E-state index in [4.69, 9.17) is 11.6 Å². The fourth-order valence-electron chi connectivity index (χ4n) is 3.86. The number of nitrogens with zero attached hydrogens (tertiary/aromatic N) is 2. The maximum atomic E-state index is 12.4. The van der Waals surface area contributed by atoms with E-state index in [0.29, 0.717) is 5.92 Å². The zero-order valence-electron chi connectivity index (χ0n) is 16.1. The molecule has 2 aromatic carbocycles. The first-order chi connectivity index (χ1) is 13.7. The number of benzene rings is 2. The SMILES string of the molecule is CN.O=c1ccc(-c2ccccc2)nn1C1CCC(c2cccc(Cl)c2)CC1. The minimum Gasteiger partial charge on any atom is -0.333 e. The van der Waals surface area contributed by atoms with Crippen molar-refractivity contribution >= 4 is 11.6 Å². The molecule has 0 spiro atoms. The second kappa shape index (κ2) is 9.67. The van der Waals surface area contributed by atoms with Crippen molar-refractivity contribution in [1.82, 2.24) is 9.78 Å². The Labute approximate surface area is 171 Å². The summed E-state index contributed by atoms with van der Waals surface area (Å²) in [5.74, 6) is 0.512.